The lowest BCUT2D eigenvalue weighted by Crippen LogP contribution is -2.11. The molecular formula is C19H18FN7O. The molecule has 0 aliphatic heterocycles. The molecular weight excluding hydrogens is 361 g/mol. The van der Waals surface area contributed by atoms with Crippen LogP contribution in [0.15, 0.2) is 49.1 Å². The van der Waals surface area contributed by atoms with E-state index in [-0.39, 0.29) is 11.6 Å². The number of anilines is 1. The Morgan fingerprint density at radius 1 is 1.18 bits per heavy atom. The number of nitrogens with two attached hydrogens (primary N) is 1. The monoisotopic (exact) mass is 379 g/mol. The molecule has 0 radical (unpaired) electrons. The smallest absolute Gasteiger partial charge is 0.166 e. The second-order valence-electron chi connectivity index (χ2n) is 6.30. The summed E-state index contributed by atoms with van der Waals surface area (Å²) in [5.74, 6) is 0.261. The van der Waals surface area contributed by atoms with Crippen molar-refractivity contribution < 1.29 is 9.13 Å². The van der Waals surface area contributed by atoms with Gasteiger partial charge in [-0.05, 0) is 38.1 Å². The Balaban J connectivity index is 1.69. The predicted molar refractivity (Wildman–Crippen MR) is 101 cm³/mol. The zero-order chi connectivity index (χ0) is 19.7. The van der Waals surface area contributed by atoms with Crippen molar-refractivity contribution in [2.75, 3.05) is 5.73 Å². The van der Waals surface area contributed by atoms with Crippen molar-refractivity contribution in [2.45, 2.75) is 20.0 Å². The summed E-state index contributed by atoms with van der Waals surface area (Å²) in [6.45, 7) is 3.72. The number of aryl methyl sites for hydroxylation is 1. The third kappa shape index (κ3) is 3.29. The van der Waals surface area contributed by atoms with E-state index < -0.39 is 6.10 Å². The summed E-state index contributed by atoms with van der Waals surface area (Å²) >= 11 is 0. The molecule has 3 N–H and O–H groups in total. The van der Waals surface area contributed by atoms with Gasteiger partial charge in [-0.1, -0.05) is 0 Å². The maximum absolute atomic E-state index is 13.9. The number of rotatable bonds is 5. The van der Waals surface area contributed by atoms with E-state index in [4.69, 9.17) is 10.5 Å². The number of H-pyrrole nitrogens is 1. The van der Waals surface area contributed by atoms with Crippen LogP contribution in [0.3, 0.4) is 0 Å². The summed E-state index contributed by atoms with van der Waals surface area (Å²) in [4.78, 5) is 5.64. The third-order valence-corrected chi connectivity index (χ3v) is 4.39. The molecule has 0 aliphatic carbocycles. The number of aromatic nitrogens is 6. The fraction of sp³-hybridized carbons (Fsp3) is 0.158. The highest BCUT2D eigenvalue weighted by atomic mass is 19.1. The fourth-order valence-electron chi connectivity index (χ4n) is 2.97. The summed E-state index contributed by atoms with van der Waals surface area (Å²) in [7, 11) is 0. The number of ether oxygens (including phenoxy) is 1. The molecule has 0 aliphatic rings. The molecule has 28 heavy (non-hydrogen) atoms. The Morgan fingerprint density at radius 3 is 2.68 bits per heavy atom. The first kappa shape index (κ1) is 17.7. The SMILES string of the molecule is Cc1[nH]ncc1-c1cnc(N)c(O[C@H](C)c2cc(F)ccc2-n2nccn2)c1. The van der Waals surface area contributed by atoms with Crippen LogP contribution < -0.4 is 10.5 Å². The molecule has 0 unspecified atom stereocenters. The largest absolute Gasteiger partial charge is 0.482 e. The van der Waals surface area contributed by atoms with E-state index in [9.17, 15) is 4.39 Å². The van der Waals surface area contributed by atoms with Crippen molar-refractivity contribution in [1.82, 2.24) is 30.2 Å². The van der Waals surface area contributed by atoms with Gasteiger partial charge in [-0.3, -0.25) is 5.10 Å². The van der Waals surface area contributed by atoms with Crippen molar-refractivity contribution in [3.8, 4) is 22.6 Å². The van der Waals surface area contributed by atoms with Crippen LogP contribution in [-0.2, 0) is 0 Å². The van der Waals surface area contributed by atoms with Gasteiger partial charge >= 0.3 is 0 Å². The van der Waals surface area contributed by atoms with E-state index in [0.717, 1.165) is 16.8 Å². The van der Waals surface area contributed by atoms with Crippen molar-refractivity contribution in [3.63, 3.8) is 0 Å². The van der Waals surface area contributed by atoms with Gasteiger partial charge in [-0.15, -0.1) is 0 Å². The highest BCUT2D eigenvalue weighted by Gasteiger charge is 2.18. The molecule has 3 aromatic heterocycles. The lowest BCUT2D eigenvalue weighted by molar-refractivity contribution is 0.226. The Bertz CT molecular complexity index is 1110. The van der Waals surface area contributed by atoms with Crippen LogP contribution in [0, 0.1) is 12.7 Å². The van der Waals surface area contributed by atoms with Gasteiger partial charge in [-0.2, -0.15) is 20.1 Å². The molecule has 1 aromatic carbocycles. The van der Waals surface area contributed by atoms with E-state index in [0.29, 0.717) is 17.0 Å². The Morgan fingerprint density at radius 2 is 1.96 bits per heavy atom. The molecule has 1 atom stereocenters. The first-order valence-corrected chi connectivity index (χ1v) is 8.61. The van der Waals surface area contributed by atoms with Crippen LogP contribution in [0.5, 0.6) is 5.75 Å². The van der Waals surface area contributed by atoms with Crippen LogP contribution in [0.1, 0.15) is 24.3 Å². The standard InChI is InChI=1S/C19H18FN7O/c1-11-16(10-23-26-11)13-7-18(19(21)22-9-13)28-12(2)15-8-14(20)3-4-17(15)27-24-5-6-25-27/h3-10,12H,1-2H3,(H2,21,22)(H,23,26)/t12-/m1/s1. The molecule has 8 nitrogen and oxygen atoms in total. The van der Waals surface area contributed by atoms with Gasteiger partial charge < -0.3 is 10.5 Å². The van der Waals surface area contributed by atoms with Gasteiger partial charge in [0.05, 0.1) is 24.3 Å². The van der Waals surface area contributed by atoms with Crippen LogP contribution in [0.4, 0.5) is 10.2 Å². The summed E-state index contributed by atoms with van der Waals surface area (Å²) in [5, 5.41) is 15.2. The molecule has 4 rings (SSSR count). The van der Waals surface area contributed by atoms with Crippen LogP contribution in [-0.4, -0.2) is 30.2 Å². The number of nitrogens with one attached hydrogen (secondary N) is 1. The van der Waals surface area contributed by atoms with Gasteiger partial charge in [0, 0.05) is 28.6 Å². The topological polar surface area (TPSA) is 108 Å². The fourth-order valence-corrected chi connectivity index (χ4v) is 2.97. The van der Waals surface area contributed by atoms with Crippen molar-refractivity contribution in [1.29, 1.82) is 0 Å². The van der Waals surface area contributed by atoms with E-state index in [2.05, 4.69) is 25.4 Å². The maximum Gasteiger partial charge on any atom is 0.166 e. The number of benzene rings is 1. The summed E-state index contributed by atoms with van der Waals surface area (Å²) < 4.78 is 20.0. The lowest BCUT2D eigenvalue weighted by atomic mass is 10.1. The number of aromatic amines is 1. The Kier molecular flexibility index (Phi) is 4.48. The number of pyridine rings is 1. The van der Waals surface area contributed by atoms with E-state index in [1.54, 1.807) is 43.8 Å². The molecule has 4 aromatic rings. The number of nitrogens with zero attached hydrogens (tertiary/aromatic N) is 5. The van der Waals surface area contributed by atoms with Gasteiger partial charge in [-0.25, -0.2) is 9.37 Å². The summed E-state index contributed by atoms with van der Waals surface area (Å²) in [6, 6.07) is 6.16. The van der Waals surface area contributed by atoms with E-state index in [1.165, 1.54) is 16.9 Å². The molecule has 3 heterocycles. The highest BCUT2D eigenvalue weighted by Crippen LogP contribution is 2.32. The zero-order valence-corrected chi connectivity index (χ0v) is 15.3. The van der Waals surface area contributed by atoms with Crippen molar-refractivity contribution in [2.24, 2.45) is 0 Å². The summed E-state index contributed by atoms with van der Waals surface area (Å²) in [5.41, 5.74) is 9.83. The first-order chi connectivity index (χ1) is 13.5. The molecule has 0 bridgehead atoms. The Hall–Kier alpha value is -3.75. The van der Waals surface area contributed by atoms with Gasteiger partial charge in [0.1, 0.15) is 11.9 Å². The van der Waals surface area contributed by atoms with E-state index in [1.807, 2.05) is 6.92 Å². The average molecular weight is 379 g/mol. The molecule has 0 spiro atoms. The molecule has 0 amide bonds. The van der Waals surface area contributed by atoms with Crippen molar-refractivity contribution in [3.05, 3.63) is 66.1 Å². The maximum atomic E-state index is 13.9. The molecule has 142 valence electrons. The lowest BCUT2D eigenvalue weighted by Gasteiger charge is -2.19. The van der Waals surface area contributed by atoms with Crippen LogP contribution >= 0.6 is 0 Å². The predicted octanol–water partition coefficient (Wildman–Crippen LogP) is 3.22. The number of nitrogen functional groups attached to an aromatic ring is 1. The molecule has 0 fully saturated rings. The third-order valence-electron chi connectivity index (χ3n) is 4.39. The molecule has 0 saturated heterocycles. The number of hydrogen-bond acceptors (Lipinski definition) is 6. The Labute approximate surface area is 160 Å². The molecule has 0 saturated carbocycles. The van der Waals surface area contributed by atoms with Crippen molar-refractivity contribution >= 4 is 5.82 Å². The zero-order valence-electron chi connectivity index (χ0n) is 15.3. The second kappa shape index (κ2) is 7.10. The van der Waals surface area contributed by atoms with E-state index >= 15 is 0 Å². The summed E-state index contributed by atoms with van der Waals surface area (Å²) in [6.07, 6.45) is 5.95. The average Bonchev–Trinajstić information content (AvgIpc) is 3.35. The first-order valence-electron chi connectivity index (χ1n) is 8.61. The van der Waals surface area contributed by atoms with Gasteiger partial charge in [0.15, 0.2) is 11.6 Å². The minimum absolute atomic E-state index is 0.243. The van der Waals surface area contributed by atoms with Gasteiger partial charge in [0.25, 0.3) is 0 Å². The van der Waals surface area contributed by atoms with Gasteiger partial charge in [0.2, 0.25) is 0 Å². The number of hydrogen-bond donors (Lipinski definition) is 2. The quantitative estimate of drug-likeness (QED) is 0.551. The highest BCUT2D eigenvalue weighted by molar-refractivity contribution is 5.68. The minimum Gasteiger partial charge on any atom is -0.482 e. The minimum atomic E-state index is -0.526. The number of halogens is 1. The van der Waals surface area contributed by atoms with Crippen LogP contribution in [0.2, 0.25) is 0 Å². The second-order valence-corrected chi connectivity index (χ2v) is 6.30. The molecule has 9 heteroatoms. The van der Waals surface area contributed by atoms with Crippen LogP contribution in [0.25, 0.3) is 16.8 Å². The normalized spacial score (nSPS) is 12.1.